The minimum atomic E-state index is -3.33. The second-order valence-corrected chi connectivity index (χ2v) is 7.55. The van der Waals surface area contributed by atoms with Crippen LogP contribution < -0.4 is 0 Å². The van der Waals surface area contributed by atoms with Gasteiger partial charge < -0.3 is 0 Å². The van der Waals surface area contributed by atoms with E-state index in [1.165, 1.54) is 11.1 Å². The van der Waals surface area contributed by atoms with Crippen molar-refractivity contribution in [2.24, 2.45) is 0 Å². The summed E-state index contributed by atoms with van der Waals surface area (Å²) in [6.45, 7) is 2.98. The number of fused-ring (bicyclic) bond motifs is 1. The Morgan fingerprint density at radius 3 is 2.68 bits per heavy atom. The van der Waals surface area contributed by atoms with Crippen LogP contribution in [0.25, 0.3) is 0 Å². The van der Waals surface area contributed by atoms with Crippen LogP contribution >= 0.6 is 15.9 Å². The highest BCUT2D eigenvalue weighted by Crippen LogP contribution is 2.26. The van der Waals surface area contributed by atoms with Crippen LogP contribution in [-0.4, -0.2) is 31.1 Å². The first kappa shape index (κ1) is 15.0. The Morgan fingerprint density at radius 1 is 1.26 bits per heavy atom. The standard InChI is InChI=1S/C14H20BrNO2S/c1-2-16(10-4-9-15)19(17,18)14-8-7-12-5-3-6-13(12)11-14/h7-8,11H,2-6,9-10H2,1H3. The maximum absolute atomic E-state index is 12.6. The van der Waals surface area contributed by atoms with E-state index in [0.717, 1.165) is 31.0 Å². The Labute approximate surface area is 124 Å². The van der Waals surface area contributed by atoms with E-state index in [4.69, 9.17) is 0 Å². The summed E-state index contributed by atoms with van der Waals surface area (Å²) in [4.78, 5) is 0.449. The fraction of sp³-hybridized carbons (Fsp3) is 0.571. The van der Waals surface area contributed by atoms with Crippen LogP contribution in [0.5, 0.6) is 0 Å². The van der Waals surface area contributed by atoms with Crippen LogP contribution in [0, 0.1) is 0 Å². The Morgan fingerprint density at radius 2 is 2.00 bits per heavy atom. The van der Waals surface area contributed by atoms with E-state index in [9.17, 15) is 8.42 Å². The quantitative estimate of drug-likeness (QED) is 0.743. The molecule has 3 nitrogen and oxygen atoms in total. The molecule has 0 atom stereocenters. The van der Waals surface area contributed by atoms with Crippen molar-refractivity contribution in [3.05, 3.63) is 29.3 Å². The number of benzene rings is 1. The van der Waals surface area contributed by atoms with Gasteiger partial charge in [0.1, 0.15) is 0 Å². The van der Waals surface area contributed by atoms with E-state index in [-0.39, 0.29) is 0 Å². The number of nitrogens with zero attached hydrogens (tertiary/aromatic N) is 1. The number of sulfonamides is 1. The van der Waals surface area contributed by atoms with E-state index in [1.807, 2.05) is 19.1 Å². The number of halogens is 1. The molecule has 106 valence electrons. The number of alkyl halides is 1. The van der Waals surface area contributed by atoms with Gasteiger partial charge in [-0.05, 0) is 48.9 Å². The van der Waals surface area contributed by atoms with Crippen molar-refractivity contribution in [1.29, 1.82) is 0 Å². The Hall–Kier alpha value is -0.390. The number of hydrogen-bond donors (Lipinski definition) is 0. The smallest absolute Gasteiger partial charge is 0.207 e. The lowest BCUT2D eigenvalue weighted by atomic mass is 10.1. The maximum atomic E-state index is 12.6. The van der Waals surface area contributed by atoms with Crippen LogP contribution in [0.4, 0.5) is 0 Å². The average molecular weight is 346 g/mol. The first-order valence-electron chi connectivity index (χ1n) is 6.77. The molecular formula is C14H20BrNO2S. The summed E-state index contributed by atoms with van der Waals surface area (Å²) in [5.74, 6) is 0. The van der Waals surface area contributed by atoms with Crippen LogP contribution in [-0.2, 0) is 22.9 Å². The third kappa shape index (κ3) is 3.20. The van der Waals surface area contributed by atoms with E-state index in [0.29, 0.717) is 18.0 Å². The highest BCUT2D eigenvalue weighted by atomic mass is 79.9. The Balaban J connectivity index is 2.27. The molecule has 0 amide bonds. The molecule has 5 heteroatoms. The monoisotopic (exact) mass is 345 g/mol. The highest BCUT2D eigenvalue weighted by molar-refractivity contribution is 9.09. The molecule has 0 spiro atoms. The molecule has 0 aliphatic heterocycles. The van der Waals surface area contributed by atoms with Crippen molar-refractivity contribution in [3.8, 4) is 0 Å². The van der Waals surface area contributed by atoms with Crippen molar-refractivity contribution >= 4 is 26.0 Å². The lowest BCUT2D eigenvalue weighted by molar-refractivity contribution is 0.428. The normalized spacial score (nSPS) is 14.9. The van der Waals surface area contributed by atoms with Gasteiger partial charge in [0.05, 0.1) is 4.90 Å². The molecule has 1 aromatic rings. The molecule has 1 aliphatic carbocycles. The van der Waals surface area contributed by atoms with Crippen molar-refractivity contribution in [2.45, 2.75) is 37.5 Å². The lowest BCUT2D eigenvalue weighted by Gasteiger charge is -2.20. The topological polar surface area (TPSA) is 37.4 Å². The largest absolute Gasteiger partial charge is 0.243 e. The minimum absolute atomic E-state index is 0.449. The SMILES string of the molecule is CCN(CCCBr)S(=O)(=O)c1ccc2c(c1)CCC2. The Kier molecular flexibility index (Phi) is 5.03. The van der Waals surface area contributed by atoms with Gasteiger partial charge in [-0.25, -0.2) is 8.42 Å². The second-order valence-electron chi connectivity index (χ2n) is 4.82. The molecule has 1 aliphatic rings. The van der Waals surface area contributed by atoms with Gasteiger partial charge in [0.15, 0.2) is 0 Å². The number of hydrogen-bond acceptors (Lipinski definition) is 2. The predicted molar refractivity (Wildman–Crippen MR) is 81.3 cm³/mol. The minimum Gasteiger partial charge on any atom is -0.207 e. The number of aryl methyl sites for hydroxylation is 2. The van der Waals surface area contributed by atoms with Gasteiger partial charge in [-0.3, -0.25) is 0 Å². The highest BCUT2D eigenvalue weighted by Gasteiger charge is 2.24. The molecule has 0 bridgehead atoms. The molecule has 0 heterocycles. The predicted octanol–water partition coefficient (Wildman–Crippen LogP) is 2.97. The third-order valence-electron chi connectivity index (χ3n) is 3.60. The van der Waals surface area contributed by atoms with E-state index in [1.54, 1.807) is 10.4 Å². The summed E-state index contributed by atoms with van der Waals surface area (Å²) in [5.41, 5.74) is 2.51. The second kappa shape index (κ2) is 6.37. The van der Waals surface area contributed by atoms with Gasteiger partial charge in [-0.1, -0.05) is 28.9 Å². The third-order valence-corrected chi connectivity index (χ3v) is 6.13. The van der Waals surface area contributed by atoms with Crippen molar-refractivity contribution < 1.29 is 8.42 Å². The van der Waals surface area contributed by atoms with Crippen LogP contribution in [0.1, 0.15) is 30.9 Å². The maximum Gasteiger partial charge on any atom is 0.243 e. The van der Waals surface area contributed by atoms with Crippen molar-refractivity contribution in [2.75, 3.05) is 18.4 Å². The zero-order valence-electron chi connectivity index (χ0n) is 11.2. The molecule has 0 aromatic heterocycles. The Bertz CT molecular complexity index is 542. The van der Waals surface area contributed by atoms with Gasteiger partial charge in [-0.15, -0.1) is 0 Å². The molecule has 0 unspecified atom stereocenters. The summed E-state index contributed by atoms with van der Waals surface area (Å²) >= 11 is 3.35. The van der Waals surface area contributed by atoms with Crippen molar-refractivity contribution in [3.63, 3.8) is 0 Å². The van der Waals surface area contributed by atoms with Crippen LogP contribution in [0.15, 0.2) is 23.1 Å². The van der Waals surface area contributed by atoms with Gasteiger partial charge in [-0.2, -0.15) is 4.31 Å². The molecule has 1 aromatic carbocycles. The van der Waals surface area contributed by atoms with Gasteiger partial charge >= 0.3 is 0 Å². The molecule has 0 saturated heterocycles. The zero-order valence-corrected chi connectivity index (χ0v) is 13.6. The molecule has 0 fully saturated rings. The molecule has 0 radical (unpaired) electrons. The van der Waals surface area contributed by atoms with E-state index >= 15 is 0 Å². The summed E-state index contributed by atoms with van der Waals surface area (Å²) in [6.07, 6.45) is 4.06. The molecule has 19 heavy (non-hydrogen) atoms. The first-order chi connectivity index (χ1) is 9.09. The summed E-state index contributed by atoms with van der Waals surface area (Å²) < 4.78 is 26.7. The van der Waals surface area contributed by atoms with Gasteiger partial charge in [0.25, 0.3) is 0 Å². The molecule has 0 N–H and O–H groups in total. The summed E-state index contributed by atoms with van der Waals surface area (Å²) in [6, 6.07) is 5.61. The molecule has 2 rings (SSSR count). The van der Waals surface area contributed by atoms with Crippen LogP contribution in [0.2, 0.25) is 0 Å². The molecular weight excluding hydrogens is 326 g/mol. The lowest BCUT2D eigenvalue weighted by Crippen LogP contribution is -2.32. The zero-order chi connectivity index (χ0) is 13.9. The van der Waals surface area contributed by atoms with Crippen LogP contribution in [0.3, 0.4) is 0 Å². The average Bonchev–Trinajstić information content (AvgIpc) is 2.86. The van der Waals surface area contributed by atoms with Crippen molar-refractivity contribution in [1.82, 2.24) is 4.31 Å². The van der Waals surface area contributed by atoms with Gasteiger partial charge in [0, 0.05) is 18.4 Å². The van der Waals surface area contributed by atoms with E-state index in [2.05, 4.69) is 15.9 Å². The first-order valence-corrected chi connectivity index (χ1v) is 9.33. The van der Waals surface area contributed by atoms with Gasteiger partial charge in [0.2, 0.25) is 10.0 Å². The number of rotatable bonds is 6. The summed E-state index contributed by atoms with van der Waals surface area (Å²) in [5, 5.41) is 0.823. The fourth-order valence-corrected chi connectivity index (χ4v) is 4.33. The van der Waals surface area contributed by atoms with E-state index < -0.39 is 10.0 Å². The fourth-order valence-electron chi connectivity index (χ4n) is 2.54. The summed E-state index contributed by atoms with van der Waals surface area (Å²) in [7, 11) is -3.33. The molecule has 0 saturated carbocycles.